The zero-order valence-electron chi connectivity index (χ0n) is 10.1. The van der Waals surface area contributed by atoms with Gasteiger partial charge in [0, 0.05) is 26.2 Å². The molecular weight excluding hydrogens is 204 g/mol. The summed E-state index contributed by atoms with van der Waals surface area (Å²) in [7, 11) is 0. The van der Waals surface area contributed by atoms with E-state index in [0.29, 0.717) is 0 Å². The summed E-state index contributed by atoms with van der Waals surface area (Å²) in [6, 6.07) is 0. The van der Waals surface area contributed by atoms with Gasteiger partial charge in [-0.1, -0.05) is 6.42 Å². The maximum Gasteiger partial charge on any atom is 0.236 e. The predicted molar refractivity (Wildman–Crippen MR) is 61.9 cm³/mol. The average Bonchev–Trinajstić information content (AvgIpc) is 2.40. The van der Waals surface area contributed by atoms with Crippen LogP contribution in [-0.2, 0) is 9.53 Å². The number of morpholine rings is 1. The molecule has 0 N–H and O–H groups in total. The van der Waals surface area contributed by atoms with Gasteiger partial charge in [0.05, 0.1) is 13.2 Å². The van der Waals surface area contributed by atoms with E-state index < -0.39 is 5.66 Å². The fourth-order valence-corrected chi connectivity index (χ4v) is 2.66. The SMILES string of the molecule is CC([C]=O)(N1CCCCC1)N1CCOCC1. The van der Waals surface area contributed by atoms with Crippen LogP contribution in [0, 0.1) is 0 Å². The number of likely N-dealkylation sites (tertiary alicyclic amines) is 1. The Morgan fingerprint density at radius 3 is 2.12 bits per heavy atom. The minimum Gasteiger partial charge on any atom is -0.379 e. The van der Waals surface area contributed by atoms with Gasteiger partial charge in [0.25, 0.3) is 0 Å². The van der Waals surface area contributed by atoms with Gasteiger partial charge in [0.1, 0.15) is 5.66 Å². The lowest BCUT2D eigenvalue weighted by atomic mass is 10.0. The van der Waals surface area contributed by atoms with Crippen LogP contribution in [0.25, 0.3) is 0 Å². The van der Waals surface area contributed by atoms with Crippen LogP contribution in [-0.4, -0.2) is 61.1 Å². The molecule has 0 aromatic rings. The maximum absolute atomic E-state index is 11.4. The minimum absolute atomic E-state index is 0.537. The van der Waals surface area contributed by atoms with Crippen molar-refractivity contribution in [2.24, 2.45) is 0 Å². The Balaban J connectivity index is 2.06. The molecule has 4 heteroatoms. The van der Waals surface area contributed by atoms with Crippen LogP contribution in [0.4, 0.5) is 0 Å². The molecular formula is C12H21N2O2. The lowest BCUT2D eigenvalue weighted by molar-refractivity contribution is -0.0613. The van der Waals surface area contributed by atoms with Crippen molar-refractivity contribution >= 4 is 6.29 Å². The first kappa shape index (κ1) is 12.0. The largest absolute Gasteiger partial charge is 0.379 e. The Hall–Kier alpha value is -0.450. The predicted octanol–water partition coefficient (Wildman–Crippen LogP) is 0.630. The quantitative estimate of drug-likeness (QED) is 0.705. The molecule has 2 heterocycles. The summed E-state index contributed by atoms with van der Waals surface area (Å²) in [6.07, 6.45) is 5.94. The van der Waals surface area contributed by atoms with Crippen molar-refractivity contribution < 1.29 is 9.53 Å². The third-order valence-corrected chi connectivity index (χ3v) is 3.79. The fourth-order valence-electron chi connectivity index (χ4n) is 2.66. The first-order chi connectivity index (χ1) is 7.77. The molecule has 1 atom stereocenters. The van der Waals surface area contributed by atoms with E-state index in [2.05, 4.69) is 16.1 Å². The van der Waals surface area contributed by atoms with Gasteiger partial charge in [-0.25, -0.2) is 0 Å². The van der Waals surface area contributed by atoms with Crippen LogP contribution < -0.4 is 0 Å². The van der Waals surface area contributed by atoms with Crippen molar-refractivity contribution in [3.63, 3.8) is 0 Å². The summed E-state index contributed by atoms with van der Waals surface area (Å²) in [5.74, 6) is 0. The van der Waals surface area contributed by atoms with Gasteiger partial charge in [-0.15, -0.1) is 0 Å². The van der Waals surface area contributed by atoms with Crippen LogP contribution in [0.5, 0.6) is 0 Å². The molecule has 2 fully saturated rings. The Bertz CT molecular complexity index is 215. The molecule has 0 aromatic heterocycles. The lowest BCUT2D eigenvalue weighted by Crippen LogP contribution is -2.63. The summed E-state index contributed by atoms with van der Waals surface area (Å²) in [5, 5.41) is 0. The average molecular weight is 225 g/mol. The van der Waals surface area contributed by atoms with E-state index >= 15 is 0 Å². The van der Waals surface area contributed by atoms with E-state index in [9.17, 15) is 4.79 Å². The van der Waals surface area contributed by atoms with E-state index in [-0.39, 0.29) is 0 Å². The molecule has 0 aromatic carbocycles. The van der Waals surface area contributed by atoms with Crippen LogP contribution >= 0.6 is 0 Å². The van der Waals surface area contributed by atoms with Gasteiger partial charge in [-0.05, 0) is 19.8 Å². The summed E-state index contributed by atoms with van der Waals surface area (Å²) in [5.41, 5.74) is -0.537. The zero-order valence-corrected chi connectivity index (χ0v) is 10.1. The molecule has 91 valence electrons. The number of piperidine rings is 1. The molecule has 1 radical (unpaired) electrons. The summed E-state index contributed by atoms with van der Waals surface area (Å²) in [6.45, 7) is 7.16. The monoisotopic (exact) mass is 225 g/mol. The summed E-state index contributed by atoms with van der Waals surface area (Å²) < 4.78 is 5.34. The highest BCUT2D eigenvalue weighted by atomic mass is 16.5. The third kappa shape index (κ3) is 2.29. The molecule has 0 amide bonds. The Morgan fingerprint density at radius 1 is 1.00 bits per heavy atom. The van der Waals surface area contributed by atoms with Crippen molar-refractivity contribution in [2.45, 2.75) is 31.8 Å². The van der Waals surface area contributed by atoms with Crippen molar-refractivity contribution in [3.05, 3.63) is 0 Å². The van der Waals surface area contributed by atoms with Crippen molar-refractivity contribution in [1.82, 2.24) is 9.80 Å². The van der Waals surface area contributed by atoms with Gasteiger partial charge >= 0.3 is 0 Å². The first-order valence-electron chi connectivity index (χ1n) is 6.24. The van der Waals surface area contributed by atoms with Crippen LogP contribution in [0.3, 0.4) is 0 Å². The highest BCUT2D eigenvalue weighted by Gasteiger charge is 2.39. The van der Waals surface area contributed by atoms with Crippen molar-refractivity contribution in [1.29, 1.82) is 0 Å². The Kier molecular flexibility index (Phi) is 3.95. The smallest absolute Gasteiger partial charge is 0.236 e. The molecule has 4 nitrogen and oxygen atoms in total. The van der Waals surface area contributed by atoms with Crippen LogP contribution in [0.15, 0.2) is 0 Å². The van der Waals surface area contributed by atoms with Crippen molar-refractivity contribution in [2.75, 3.05) is 39.4 Å². The van der Waals surface area contributed by atoms with E-state index in [4.69, 9.17) is 4.74 Å². The van der Waals surface area contributed by atoms with E-state index in [0.717, 1.165) is 39.4 Å². The number of hydrogen-bond donors (Lipinski definition) is 0. The molecule has 2 aliphatic heterocycles. The molecule has 2 saturated heterocycles. The molecule has 0 spiro atoms. The van der Waals surface area contributed by atoms with Crippen LogP contribution in [0.1, 0.15) is 26.2 Å². The minimum atomic E-state index is -0.537. The topological polar surface area (TPSA) is 32.8 Å². The van der Waals surface area contributed by atoms with E-state index in [1.54, 1.807) is 0 Å². The molecule has 0 saturated carbocycles. The third-order valence-electron chi connectivity index (χ3n) is 3.79. The zero-order chi connectivity index (χ0) is 11.4. The summed E-state index contributed by atoms with van der Waals surface area (Å²) >= 11 is 0. The second-order valence-electron chi connectivity index (χ2n) is 4.77. The molecule has 0 aliphatic carbocycles. The highest BCUT2D eigenvalue weighted by molar-refractivity contribution is 5.63. The van der Waals surface area contributed by atoms with Gasteiger partial charge in [0.15, 0.2) is 0 Å². The van der Waals surface area contributed by atoms with Crippen LogP contribution in [0.2, 0.25) is 0 Å². The second kappa shape index (κ2) is 5.25. The van der Waals surface area contributed by atoms with Gasteiger partial charge in [-0.3, -0.25) is 14.6 Å². The van der Waals surface area contributed by atoms with Gasteiger partial charge in [0.2, 0.25) is 6.29 Å². The number of ether oxygens (including phenoxy) is 1. The second-order valence-corrected chi connectivity index (χ2v) is 4.77. The van der Waals surface area contributed by atoms with E-state index in [1.807, 2.05) is 6.92 Å². The van der Waals surface area contributed by atoms with Gasteiger partial charge in [-0.2, -0.15) is 0 Å². The number of hydrogen-bond acceptors (Lipinski definition) is 4. The molecule has 0 bridgehead atoms. The highest BCUT2D eigenvalue weighted by Crippen LogP contribution is 2.23. The molecule has 2 aliphatic rings. The Labute approximate surface area is 97.5 Å². The normalized spacial score (nSPS) is 28.6. The number of rotatable bonds is 3. The van der Waals surface area contributed by atoms with E-state index in [1.165, 1.54) is 19.3 Å². The summed E-state index contributed by atoms with van der Waals surface area (Å²) in [4.78, 5) is 15.9. The molecule has 2 rings (SSSR count). The number of nitrogens with zero attached hydrogens (tertiary/aromatic N) is 2. The lowest BCUT2D eigenvalue weighted by Gasteiger charge is -2.47. The Morgan fingerprint density at radius 2 is 1.56 bits per heavy atom. The van der Waals surface area contributed by atoms with Crippen molar-refractivity contribution in [3.8, 4) is 0 Å². The molecule has 1 unspecified atom stereocenters. The molecule has 16 heavy (non-hydrogen) atoms. The van der Waals surface area contributed by atoms with Gasteiger partial charge < -0.3 is 4.74 Å². The first-order valence-corrected chi connectivity index (χ1v) is 6.24. The maximum atomic E-state index is 11.4. The standard InChI is InChI=1S/C12H21N2O2/c1-12(11-15,13-5-3-2-4-6-13)14-7-9-16-10-8-14/h2-10H2,1H3. The number of carbonyl (C=O) groups excluding carboxylic acids is 1. The fraction of sp³-hybridized carbons (Fsp3) is 0.917.